The molecular weight excluding hydrogens is 355 g/mol. The van der Waals surface area contributed by atoms with Crippen LogP contribution in [0, 0.1) is 17.5 Å². The third-order valence-electron chi connectivity index (χ3n) is 3.07. The van der Waals surface area contributed by atoms with Crippen LogP contribution in [0.4, 0.5) is 4.39 Å². The number of rotatable bonds is 5. The number of furan rings is 1. The predicted molar refractivity (Wildman–Crippen MR) is 89.6 cm³/mol. The topological polar surface area (TPSA) is 68.3 Å². The van der Waals surface area contributed by atoms with Crippen LogP contribution in [-0.4, -0.2) is 21.1 Å². The standard InChI is InChI=1S/C15H12ClFN4O2S/c1-9-19-20-15(24)21(9)18-7-11-2-3-12(23-11)8-22-10-4-5-14(17)13(16)6-10/h2-7H,8H2,1H3,(H,20,24)/b18-7+. The van der Waals surface area contributed by atoms with Gasteiger partial charge in [-0.3, -0.25) is 5.10 Å². The summed E-state index contributed by atoms with van der Waals surface area (Å²) in [6.45, 7) is 1.96. The highest BCUT2D eigenvalue weighted by atomic mass is 35.5. The zero-order valence-electron chi connectivity index (χ0n) is 12.5. The average molecular weight is 367 g/mol. The molecule has 2 aromatic heterocycles. The SMILES string of the molecule is Cc1n[nH]c(=S)n1/N=C/c1ccc(COc2ccc(F)c(Cl)c2)o1. The largest absolute Gasteiger partial charge is 0.486 e. The Bertz CT molecular complexity index is 947. The molecule has 0 saturated carbocycles. The maximum absolute atomic E-state index is 13.1. The second-order valence-corrected chi connectivity index (χ2v) is 5.59. The van der Waals surface area contributed by atoms with E-state index in [0.29, 0.717) is 27.9 Å². The first kappa shape index (κ1) is 16.4. The van der Waals surface area contributed by atoms with Crippen molar-refractivity contribution in [1.82, 2.24) is 14.9 Å². The molecule has 0 radical (unpaired) electrons. The van der Waals surface area contributed by atoms with E-state index in [2.05, 4.69) is 15.3 Å². The van der Waals surface area contributed by atoms with Crippen LogP contribution in [0.2, 0.25) is 5.02 Å². The Balaban J connectivity index is 1.65. The summed E-state index contributed by atoms with van der Waals surface area (Å²) >= 11 is 10.8. The molecule has 0 atom stereocenters. The van der Waals surface area contributed by atoms with Crippen molar-refractivity contribution >= 4 is 30.0 Å². The number of hydrogen-bond donors (Lipinski definition) is 1. The molecule has 1 N–H and O–H groups in total. The molecule has 0 amide bonds. The zero-order valence-corrected chi connectivity index (χ0v) is 14.1. The fraction of sp³-hybridized carbons (Fsp3) is 0.133. The summed E-state index contributed by atoms with van der Waals surface area (Å²) in [6.07, 6.45) is 1.52. The summed E-state index contributed by atoms with van der Waals surface area (Å²) in [5.74, 6) is 1.72. The Labute approximate surface area is 146 Å². The third-order valence-corrected chi connectivity index (χ3v) is 3.62. The van der Waals surface area contributed by atoms with Crippen LogP contribution in [0.1, 0.15) is 17.3 Å². The molecule has 24 heavy (non-hydrogen) atoms. The first-order chi connectivity index (χ1) is 11.5. The lowest BCUT2D eigenvalue weighted by molar-refractivity contribution is 0.269. The number of nitrogens with zero attached hydrogens (tertiary/aromatic N) is 3. The van der Waals surface area contributed by atoms with E-state index in [0.717, 1.165) is 0 Å². The quantitative estimate of drug-likeness (QED) is 0.545. The van der Waals surface area contributed by atoms with Crippen molar-refractivity contribution in [3.8, 4) is 5.75 Å². The van der Waals surface area contributed by atoms with Crippen LogP contribution in [0.15, 0.2) is 39.9 Å². The smallest absolute Gasteiger partial charge is 0.216 e. The van der Waals surface area contributed by atoms with Crippen molar-refractivity contribution in [2.24, 2.45) is 5.10 Å². The molecule has 124 valence electrons. The second kappa shape index (κ2) is 6.98. The second-order valence-electron chi connectivity index (χ2n) is 4.80. The van der Waals surface area contributed by atoms with Crippen molar-refractivity contribution in [3.63, 3.8) is 0 Å². The number of aromatic amines is 1. The van der Waals surface area contributed by atoms with Gasteiger partial charge in [0.1, 0.15) is 35.5 Å². The number of hydrogen-bond acceptors (Lipinski definition) is 5. The van der Waals surface area contributed by atoms with E-state index in [4.69, 9.17) is 33.0 Å². The molecule has 0 unspecified atom stereocenters. The molecule has 0 aliphatic rings. The number of aryl methyl sites for hydroxylation is 1. The lowest BCUT2D eigenvalue weighted by Crippen LogP contribution is -1.94. The van der Waals surface area contributed by atoms with Crippen LogP contribution in [0.25, 0.3) is 0 Å². The molecule has 0 spiro atoms. The minimum Gasteiger partial charge on any atom is -0.486 e. The molecule has 0 bridgehead atoms. The molecule has 3 rings (SSSR count). The first-order valence-electron chi connectivity index (χ1n) is 6.88. The van der Waals surface area contributed by atoms with Gasteiger partial charge in [0.05, 0.1) is 11.2 Å². The molecular formula is C15H12ClFN4O2S. The molecule has 0 saturated heterocycles. The molecule has 9 heteroatoms. The fourth-order valence-corrected chi connectivity index (χ4v) is 2.28. The summed E-state index contributed by atoms with van der Waals surface area (Å²) in [6, 6.07) is 7.66. The number of ether oxygens (including phenoxy) is 1. The molecule has 3 aromatic rings. The summed E-state index contributed by atoms with van der Waals surface area (Å²) in [4.78, 5) is 0. The highest BCUT2D eigenvalue weighted by Gasteiger charge is 2.05. The van der Waals surface area contributed by atoms with Gasteiger partial charge < -0.3 is 9.15 Å². The van der Waals surface area contributed by atoms with Crippen molar-refractivity contribution < 1.29 is 13.5 Å². The minimum atomic E-state index is -0.492. The van der Waals surface area contributed by atoms with Gasteiger partial charge in [0, 0.05) is 6.07 Å². The van der Waals surface area contributed by atoms with E-state index in [1.165, 1.54) is 29.1 Å². The van der Waals surface area contributed by atoms with Crippen LogP contribution < -0.4 is 4.74 Å². The van der Waals surface area contributed by atoms with E-state index in [1.807, 2.05) is 0 Å². The molecule has 0 fully saturated rings. The number of H-pyrrole nitrogens is 1. The van der Waals surface area contributed by atoms with Gasteiger partial charge in [-0.2, -0.15) is 14.9 Å². The van der Waals surface area contributed by atoms with E-state index in [1.54, 1.807) is 19.1 Å². The Morgan fingerprint density at radius 3 is 3.00 bits per heavy atom. The predicted octanol–water partition coefficient (Wildman–Crippen LogP) is 4.10. The number of benzene rings is 1. The number of nitrogens with one attached hydrogen (secondary N) is 1. The van der Waals surface area contributed by atoms with Crippen LogP contribution in [0.3, 0.4) is 0 Å². The van der Waals surface area contributed by atoms with Gasteiger partial charge in [0.2, 0.25) is 4.77 Å². The summed E-state index contributed by atoms with van der Waals surface area (Å²) in [5, 5.41) is 10.8. The molecule has 0 aliphatic heterocycles. The van der Waals surface area contributed by atoms with Crippen LogP contribution in [0.5, 0.6) is 5.75 Å². The Morgan fingerprint density at radius 2 is 2.29 bits per heavy atom. The van der Waals surface area contributed by atoms with Crippen LogP contribution in [-0.2, 0) is 6.61 Å². The number of halogens is 2. The van der Waals surface area contributed by atoms with Gasteiger partial charge in [0.25, 0.3) is 0 Å². The summed E-state index contributed by atoms with van der Waals surface area (Å²) in [5.41, 5.74) is 0. The Kier molecular flexibility index (Phi) is 4.77. The minimum absolute atomic E-state index is 0.00647. The van der Waals surface area contributed by atoms with E-state index in [-0.39, 0.29) is 11.6 Å². The van der Waals surface area contributed by atoms with Gasteiger partial charge in [-0.1, -0.05) is 11.6 Å². The van der Waals surface area contributed by atoms with Crippen molar-refractivity contribution in [3.05, 3.63) is 63.3 Å². The summed E-state index contributed by atoms with van der Waals surface area (Å²) in [7, 11) is 0. The average Bonchev–Trinajstić information content (AvgIpc) is 3.14. The van der Waals surface area contributed by atoms with Gasteiger partial charge in [0.15, 0.2) is 0 Å². The molecule has 0 aliphatic carbocycles. The van der Waals surface area contributed by atoms with E-state index in [9.17, 15) is 4.39 Å². The Morgan fingerprint density at radius 1 is 1.46 bits per heavy atom. The maximum Gasteiger partial charge on any atom is 0.216 e. The normalized spacial score (nSPS) is 11.3. The van der Waals surface area contributed by atoms with Crippen molar-refractivity contribution in [1.29, 1.82) is 0 Å². The van der Waals surface area contributed by atoms with Crippen LogP contribution >= 0.6 is 23.8 Å². The molecule has 2 heterocycles. The van der Waals surface area contributed by atoms with E-state index >= 15 is 0 Å². The highest BCUT2D eigenvalue weighted by molar-refractivity contribution is 7.71. The fourth-order valence-electron chi connectivity index (χ4n) is 1.88. The summed E-state index contributed by atoms with van der Waals surface area (Å²) < 4.78 is 26.0. The van der Waals surface area contributed by atoms with Gasteiger partial charge >= 0.3 is 0 Å². The number of aromatic nitrogens is 3. The molecule has 1 aromatic carbocycles. The Hall–Kier alpha value is -2.45. The van der Waals surface area contributed by atoms with Gasteiger partial charge in [-0.05, 0) is 43.4 Å². The lowest BCUT2D eigenvalue weighted by Gasteiger charge is -2.04. The highest BCUT2D eigenvalue weighted by Crippen LogP contribution is 2.22. The van der Waals surface area contributed by atoms with Crippen molar-refractivity contribution in [2.75, 3.05) is 0 Å². The monoisotopic (exact) mass is 366 g/mol. The van der Waals surface area contributed by atoms with E-state index < -0.39 is 5.82 Å². The van der Waals surface area contributed by atoms with Gasteiger partial charge in [-0.25, -0.2) is 4.39 Å². The van der Waals surface area contributed by atoms with Crippen molar-refractivity contribution in [2.45, 2.75) is 13.5 Å². The first-order valence-corrected chi connectivity index (χ1v) is 7.66. The maximum atomic E-state index is 13.1. The third kappa shape index (κ3) is 3.72. The lowest BCUT2D eigenvalue weighted by atomic mass is 10.3. The zero-order chi connectivity index (χ0) is 17.1. The molecule has 6 nitrogen and oxygen atoms in total. The van der Waals surface area contributed by atoms with Gasteiger partial charge in [-0.15, -0.1) is 0 Å².